The molecule has 0 aromatic heterocycles. The number of rotatable bonds is 3. The van der Waals surface area contributed by atoms with E-state index >= 15 is 0 Å². The largest absolute Gasteiger partial charge is 0.285 e. The topological polar surface area (TPSA) is 132 Å². The number of allylic oxidation sites excluding steroid dienone is 1. The molecule has 1 aromatic carbocycles. The minimum absolute atomic E-state index is 0.0533. The number of carbonyl (C=O) groups is 2. The molecule has 0 saturated carbocycles. The van der Waals surface area contributed by atoms with Crippen LogP contribution in [-0.2, 0) is 4.79 Å². The van der Waals surface area contributed by atoms with Crippen molar-refractivity contribution in [2.45, 2.75) is 13.3 Å². The summed E-state index contributed by atoms with van der Waals surface area (Å²) in [5.41, 5.74) is 17.8. The molecule has 1 aliphatic rings. The van der Waals surface area contributed by atoms with E-state index in [1.807, 2.05) is 0 Å². The molecule has 0 unspecified atom stereocenters. The number of ketones is 2. The Morgan fingerprint density at radius 1 is 1.10 bits per heavy atom. The number of hydrogen-bond donors (Lipinski definition) is 0. The van der Waals surface area contributed by atoms with Gasteiger partial charge in [0.1, 0.15) is 0 Å². The number of nitrogens with zero attached hydrogens (tertiary/aromatic N) is 6. The maximum Gasteiger partial charge on any atom is 0.233 e. The lowest BCUT2D eigenvalue weighted by Gasteiger charge is -2.19. The molecule has 0 N–H and O–H groups in total. The van der Waals surface area contributed by atoms with E-state index < -0.39 is 11.6 Å². The summed E-state index contributed by atoms with van der Waals surface area (Å²) in [4.78, 5) is 29.4. The first-order chi connectivity index (χ1) is 9.65. The summed E-state index contributed by atoms with van der Waals surface area (Å²) in [7, 11) is 0. The molecule has 20 heavy (non-hydrogen) atoms. The first kappa shape index (κ1) is 13.4. The molecule has 8 nitrogen and oxygen atoms in total. The van der Waals surface area contributed by atoms with Crippen molar-refractivity contribution in [3.05, 3.63) is 55.8 Å². The number of fused-ring (bicyclic) bond motifs is 1. The highest BCUT2D eigenvalue weighted by Crippen LogP contribution is 2.38. The average Bonchev–Trinajstić information content (AvgIpc) is 2.45. The van der Waals surface area contributed by atoms with E-state index in [2.05, 4.69) is 20.1 Å². The van der Waals surface area contributed by atoms with Crippen LogP contribution in [0, 0.1) is 0 Å². The summed E-state index contributed by atoms with van der Waals surface area (Å²) in [5.74, 6) is -1.38. The zero-order chi connectivity index (χ0) is 14.7. The Morgan fingerprint density at radius 3 is 2.40 bits per heavy atom. The second-order valence-electron chi connectivity index (χ2n) is 3.92. The normalized spacial score (nSPS) is 13.4. The van der Waals surface area contributed by atoms with E-state index in [-0.39, 0.29) is 34.5 Å². The first-order valence-corrected chi connectivity index (χ1v) is 5.71. The molecule has 0 fully saturated rings. The second-order valence-corrected chi connectivity index (χ2v) is 3.92. The van der Waals surface area contributed by atoms with Crippen molar-refractivity contribution in [2.75, 3.05) is 0 Å². The first-order valence-electron chi connectivity index (χ1n) is 5.71. The van der Waals surface area contributed by atoms with Crippen LogP contribution in [-0.4, -0.2) is 11.6 Å². The summed E-state index contributed by atoms with van der Waals surface area (Å²) >= 11 is 0. The van der Waals surface area contributed by atoms with Gasteiger partial charge in [0, 0.05) is 32.2 Å². The zero-order valence-corrected chi connectivity index (χ0v) is 10.4. The van der Waals surface area contributed by atoms with Gasteiger partial charge in [0.2, 0.25) is 11.6 Å². The molecule has 0 aliphatic heterocycles. The molecule has 1 aromatic rings. The van der Waals surface area contributed by atoms with Crippen molar-refractivity contribution in [1.29, 1.82) is 0 Å². The Morgan fingerprint density at radius 2 is 1.80 bits per heavy atom. The van der Waals surface area contributed by atoms with Crippen LogP contribution in [0.2, 0.25) is 0 Å². The summed E-state index contributed by atoms with van der Waals surface area (Å²) in [6.45, 7) is 1.68. The highest BCUT2D eigenvalue weighted by molar-refractivity contribution is 6.52. The highest BCUT2D eigenvalue weighted by atomic mass is 16.2. The fourth-order valence-corrected chi connectivity index (χ4v) is 2.11. The van der Waals surface area contributed by atoms with Gasteiger partial charge < -0.3 is 0 Å². The fraction of sp³-hybridized carbons (Fsp3) is 0.167. The van der Waals surface area contributed by atoms with Crippen LogP contribution in [0.1, 0.15) is 29.3 Å². The van der Waals surface area contributed by atoms with E-state index in [1.165, 1.54) is 18.2 Å². The van der Waals surface area contributed by atoms with E-state index in [0.717, 1.165) is 0 Å². The Balaban J connectivity index is 2.93. The molecule has 0 heterocycles. The predicted molar refractivity (Wildman–Crippen MR) is 70.9 cm³/mol. The predicted octanol–water partition coefficient (Wildman–Crippen LogP) is 3.83. The molecular formula is C12H8N6O2. The lowest BCUT2D eigenvalue weighted by Crippen LogP contribution is -2.23. The van der Waals surface area contributed by atoms with Gasteiger partial charge in [-0.1, -0.05) is 35.4 Å². The van der Waals surface area contributed by atoms with Crippen LogP contribution < -0.4 is 0 Å². The minimum Gasteiger partial charge on any atom is -0.285 e. The number of azide groups is 2. The van der Waals surface area contributed by atoms with Crippen molar-refractivity contribution in [2.24, 2.45) is 10.2 Å². The molecule has 98 valence electrons. The lowest BCUT2D eigenvalue weighted by molar-refractivity contribution is -0.112. The van der Waals surface area contributed by atoms with Gasteiger partial charge in [-0.2, -0.15) is 0 Å². The number of Topliss-reactive ketones (excluding diaryl/α,β-unsaturated/α-hetero) is 2. The molecule has 0 saturated heterocycles. The van der Waals surface area contributed by atoms with Gasteiger partial charge in [-0.3, -0.25) is 9.59 Å². The summed E-state index contributed by atoms with van der Waals surface area (Å²) in [6.07, 6.45) is 0.239. The maximum atomic E-state index is 12.0. The molecular weight excluding hydrogens is 260 g/mol. The van der Waals surface area contributed by atoms with Gasteiger partial charge in [0.25, 0.3) is 0 Å². The lowest BCUT2D eigenvalue weighted by atomic mass is 9.85. The van der Waals surface area contributed by atoms with E-state index in [4.69, 9.17) is 11.1 Å². The van der Waals surface area contributed by atoms with Crippen molar-refractivity contribution >= 4 is 23.0 Å². The molecule has 2 rings (SSSR count). The Hall–Kier alpha value is -3.08. The van der Waals surface area contributed by atoms with Gasteiger partial charge >= 0.3 is 0 Å². The number of carbonyl (C=O) groups excluding carboxylic acids is 2. The molecule has 8 heteroatoms. The zero-order valence-electron chi connectivity index (χ0n) is 10.4. The van der Waals surface area contributed by atoms with Crippen LogP contribution in [0.15, 0.2) is 34.0 Å². The molecule has 0 bridgehead atoms. The third kappa shape index (κ3) is 1.91. The van der Waals surface area contributed by atoms with Crippen LogP contribution >= 0.6 is 0 Å². The van der Waals surface area contributed by atoms with Gasteiger partial charge in [-0.05, 0) is 17.5 Å². The molecule has 1 aliphatic carbocycles. The van der Waals surface area contributed by atoms with Crippen molar-refractivity contribution < 1.29 is 9.59 Å². The third-order valence-corrected chi connectivity index (χ3v) is 2.94. The summed E-state index contributed by atoms with van der Waals surface area (Å²) in [5, 5.41) is 6.99. The van der Waals surface area contributed by atoms with Gasteiger partial charge in [0.15, 0.2) is 0 Å². The van der Waals surface area contributed by atoms with Crippen molar-refractivity contribution in [3.8, 4) is 0 Å². The van der Waals surface area contributed by atoms with Crippen LogP contribution in [0.3, 0.4) is 0 Å². The van der Waals surface area contributed by atoms with E-state index in [1.54, 1.807) is 6.92 Å². The highest BCUT2D eigenvalue weighted by Gasteiger charge is 2.32. The van der Waals surface area contributed by atoms with E-state index in [0.29, 0.717) is 0 Å². The molecule has 0 radical (unpaired) electrons. The Labute approximate surface area is 113 Å². The minimum atomic E-state index is -0.694. The fourth-order valence-electron chi connectivity index (χ4n) is 2.11. The van der Waals surface area contributed by atoms with Gasteiger partial charge in [-0.25, -0.2) is 0 Å². The van der Waals surface area contributed by atoms with Crippen molar-refractivity contribution in [3.63, 3.8) is 0 Å². The van der Waals surface area contributed by atoms with Crippen LogP contribution in [0.25, 0.3) is 26.6 Å². The van der Waals surface area contributed by atoms with Gasteiger partial charge in [0.05, 0.1) is 5.70 Å². The average molecular weight is 268 g/mol. The summed E-state index contributed by atoms with van der Waals surface area (Å²) < 4.78 is 0. The van der Waals surface area contributed by atoms with Gasteiger partial charge in [-0.15, -0.1) is 0 Å². The van der Waals surface area contributed by atoms with Crippen LogP contribution in [0.5, 0.6) is 0 Å². The molecule has 0 amide bonds. The quantitative estimate of drug-likeness (QED) is 0.356. The SMILES string of the molecule is CCC1=C(N=[N+]=[N-])c2c(N=[N+]=[N-])cccc2C(=O)C1=O. The third-order valence-electron chi connectivity index (χ3n) is 2.94. The second kappa shape index (κ2) is 5.27. The molecule has 0 spiro atoms. The monoisotopic (exact) mass is 268 g/mol. The van der Waals surface area contributed by atoms with Crippen LogP contribution in [0.4, 0.5) is 5.69 Å². The van der Waals surface area contributed by atoms with Crippen molar-refractivity contribution in [1.82, 2.24) is 0 Å². The summed E-state index contributed by atoms with van der Waals surface area (Å²) in [6, 6.07) is 4.42. The standard InChI is InChI=1S/C12H8N6O2/c1-2-6-10(16-18-14)9-7(12(20)11(6)19)4-3-5-8(9)15-17-13/h3-5H,2H2,1H3. The molecule has 0 atom stereocenters. The Kier molecular flexibility index (Phi) is 3.52. The van der Waals surface area contributed by atoms with E-state index in [9.17, 15) is 9.59 Å². The number of hydrogen-bond acceptors (Lipinski definition) is 4. The Bertz CT molecular complexity index is 751. The number of benzene rings is 1. The maximum absolute atomic E-state index is 12.0. The smallest absolute Gasteiger partial charge is 0.233 e.